The maximum Gasteiger partial charge on any atom is 0.121 e. The Balaban J connectivity index is 2.11. The van der Waals surface area contributed by atoms with Crippen molar-refractivity contribution in [3.05, 3.63) is 59.9 Å². The number of methoxy groups -OCH3 is 1. The number of imidazole rings is 1. The van der Waals surface area contributed by atoms with Crippen LogP contribution in [0, 0.1) is 16.2 Å². The number of nitrogens with two attached hydrogens (primary N) is 1. The van der Waals surface area contributed by atoms with Crippen LogP contribution in [0.15, 0.2) is 48.5 Å². The summed E-state index contributed by atoms with van der Waals surface area (Å²) >= 11 is 0. The lowest BCUT2D eigenvalue weighted by Gasteiger charge is -2.51. The fraction of sp³-hybridized carbons (Fsp3) is 0.594. The fourth-order valence-corrected chi connectivity index (χ4v) is 5.66. The van der Waals surface area contributed by atoms with Gasteiger partial charge in [-0.1, -0.05) is 78.8 Å². The number of hydrogen-bond donors (Lipinski definition) is 1. The Hall–Kier alpha value is -2.33. The normalized spacial score (nSPS) is 15.2. The van der Waals surface area contributed by atoms with Gasteiger partial charge < -0.3 is 15.0 Å². The van der Waals surface area contributed by atoms with Crippen molar-refractivity contribution in [1.82, 2.24) is 9.55 Å². The summed E-state index contributed by atoms with van der Waals surface area (Å²) in [4.78, 5) is 5.23. The maximum absolute atomic E-state index is 6.83. The van der Waals surface area contributed by atoms with Crippen molar-refractivity contribution in [1.29, 1.82) is 0 Å². The third-order valence-corrected chi connectivity index (χ3v) is 8.68. The van der Waals surface area contributed by atoms with Crippen molar-refractivity contribution < 1.29 is 4.74 Å². The molecule has 0 saturated heterocycles. The van der Waals surface area contributed by atoms with E-state index in [1.54, 1.807) is 7.11 Å². The lowest BCUT2D eigenvalue weighted by molar-refractivity contribution is 0.0320. The van der Waals surface area contributed by atoms with Gasteiger partial charge >= 0.3 is 0 Å². The summed E-state index contributed by atoms with van der Waals surface area (Å²) in [6, 6.07) is 17.0. The van der Waals surface area contributed by atoms with Crippen LogP contribution < -0.4 is 10.5 Å². The summed E-state index contributed by atoms with van der Waals surface area (Å²) in [6.07, 6.45) is 2.03. The molecule has 0 aliphatic heterocycles. The van der Waals surface area contributed by atoms with Gasteiger partial charge in [0, 0.05) is 30.5 Å². The summed E-state index contributed by atoms with van der Waals surface area (Å²) in [5, 5.41) is 0. The molecule has 4 heteroatoms. The van der Waals surface area contributed by atoms with E-state index in [0.717, 1.165) is 35.4 Å². The Morgan fingerprint density at radius 1 is 0.861 bits per heavy atom. The average molecular weight is 492 g/mol. The molecule has 2 N–H and O–H groups in total. The molecular weight excluding hydrogens is 442 g/mol. The average Bonchev–Trinajstić information content (AvgIpc) is 3.10. The molecule has 1 aromatic heterocycles. The van der Waals surface area contributed by atoms with Gasteiger partial charge in [-0.25, -0.2) is 4.98 Å². The summed E-state index contributed by atoms with van der Waals surface area (Å²) in [5.74, 6) is 2.49. The number of aryl methyl sites for hydroxylation is 1. The van der Waals surface area contributed by atoms with E-state index < -0.39 is 0 Å². The van der Waals surface area contributed by atoms with Gasteiger partial charge in [0.05, 0.1) is 18.1 Å². The first-order valence-electron chi connectivity index (χ1n) is 13.3. The smallest absolute Gasteiger partial charge is 0.121 e. The number of rotatable bonds is 9. The van der Waals surface area contributed by atoms with E-state index in [1.807, 2.05) is 12.1 Å². The van der Waals surface area contributed by atoms with E-state index in [2.05, 4.69) is 110 Å². The largest absolute Gasteiger partial charge is 0.497 e. The molecule has 0 fully saturated rings. The second-order valence-corrected chi connectivity index (χ2v) is 13.8. The lowest BCUT2D eigenvalue weighted by Crippen LogP contribution is -2.46. The Morgan fingerprint density at radius 2 is 1.47 bits per heavy atom. The molecule has 0 aliphatic rings. The highest BCUT2D eigenvalue weighted by atomic mass is 16.5. The lowest BCUT2D eigenvalue weighted by atomic mass is 9.54. The summed E-state index contributed by atoms with van der Waals surface area (Å²) in [6.45, 7) is 21.1. The maximum atomic E-state index is 6.83. The number of fused-ring (bicyclic) bond motifs is 1. The van der Waals surface area contributed by atoms with Crippen molar-refractivity contribution in [2.24, 2.45) is 29.0 Å². The van der Waals surface area contributed by atoms with E-state index in [4.69, 9.17) is 15.5 Å². The molecule has 0 amide bonds. The van der Waals surface area contributed by atoms with E-state index >= 15 is 0 Å². The van der Waals surface area contributed by atoms with Crippen LogP contribution in [0.25, 0.3) is 11.0 Å². The molecule has 3 rings (SSSR count). The topological polar surface area (TPSA) is 53.1 Å². The highest BCUT2D eigenvalue weighted by Crippen LogP contribution is 2.56. The number of aromatic nitrogens is 2. The molecule has 198 valence electrons. The Morgan fingerprint density at radius 3 is 2.00 bits per heavy atom. The number of benzene rings is 2. The predicted molar refractivity (Wildman–Crippen MR) is 154 cm³/mol. The molecule has 36 heavy (non-hydrogen) atoms. The van der Waals surface area contributed by atoms with Crippen LogP contribution in [-0.2, 0) is 7.05 Å². The first-order chi connectivity index (χ1) is 16.5. The SMILES string of the molecule is COc1ccc2c(c1)nc(C(CC(C)(C)C)C(C)(C)C(C)(C)CC(c1ccccc1)C(C)(C)N)n2C. The second kappa shape index (κ2) is 9.85. The van der Waals surface area contributed by atoms with Gasteiger partial charge in [-0.15, -0.1) is 0 Å². The van der Waals surface area contributed by atoms with Crippen molar-refractivity contribution in [2.75, 3.05) is 7.11 Å². The van der Waals surface area contributed by atoms with E-state index in [0.29, 0.717) is 0 Å². The van der Waals surface area contributed by atoms with E-state index in [1.165, 1.54) is 5.56 Å². The molecule has 0 spiro atoms. The molecule has 0 saturated carbocycles. The zero-order valence-electron chi connectivity index (χ0n) is 24.6. The van der Waals surface area contributed by atoms with Gasteiger partial charge in [0.2, 0.25) is 0 Å². The van der Waals surface area contributed by atoms with Gasteiger partial charge in [-0.2, -0.15) is 0 Å². The molecule has 0 radical (unpaired) electrons. The van der Waals surface area contributed by atoms with Gasteiger partial charge in [-0.3, -0.25) is 0 Å². The molecule has 0 bridgehead atoms. The minimum absolute atomic E-state index is 0.0180. The fourth-order valence-electron chi connectivity index (χ4n) is 5.66. The van der Waals surface area contributed by atoms with E-state index in [-0.39, 0.29) is 33.6 Å². The minimum atomic E-state index is -0.331. The number of nitrogens with zero attached hydrogens (tertiary/aromatic N) is 2. The summed E-state index contributed by atoms with van der Waals surface area (Å²) in [7, 11) is 3.87. The Bertz CT molecular complexity index is 1160. The van der Waals surface area contributed by atoms with E-state index in [9.17, 15) is 0 Å². The van der Waals surface area contributed by atoms with Crippen LogP contribution >= 0.6 is 0 Å². The zero-order chi connectivity index (χ0) is 27.1. The molecule has 2 atom stereocenters. The van der Waals surface area contributed by atoms with Crippen LogP contribution in [-0.4, -0.2) is 22.2 Å². The molecule has 2 unspecified atom stereocenters. The van der Waals surface area contributed by atoms with Crippen LogP contribution in [0.3, 0.4) is 0 Å². The van der Waals surface area contributed by atoms with Crippen LogP contribution in [0.4, 0.5) is 0 Å². The molecule has 3 aromatic rings. The highest BCUT2D eigenvalue weighted by molar-refractivity contribution is 5.78. The van der Waals surface area contributed by atoms with Crippen molar-refractivity contribution in [2.45, 2.75) is 92.5 Å². The monoisotopic (exact) mass is 491 g/mol. The van der Waals surface area contributed by atoms with Gasteiger partial charge in [0.15, 0.2) is 0 Å². The van der Waals surface area contributed by atoms with Gasteiger partial charge in [-0.05, 0) is 60.6 Å². The van der Waals surface area contributed by atoms with Crippen molar-refractivity contribution in [3.63, 3.8) is 0 Å². The van der Waals surface area contributed by atoms with Gasteiger partial charge in [0.1, 0.15) is 11.6 Å². The zero-order valence-corrected chi connectivity index (χ0v) is 24.6. The van der Waals surface area contributed by atoms with Gasteiger partial charge in [0.25, 0.3) is 0 Å². The third-order valence-electron chi connectivity index (χ3n) is 8.68. The predicted octanol–water partition coefficient (Wildman–Crippen LogP) is 8.07. The van der Waals surface area contributed by atoms with Crippen molar-refractivity contribution >= 4 is 11.0 Å². The Kier molecular flexibility index (Phi) is 7.73. The highest BCUT2D eigenvalue weighted by Gasteiger charge is 2.48. The Labute approximate surface area is 219 Å². The third kappa shape index (κ3) is 5.80. The quantitative estimate of drug-likeness (QED) is 0.329. The van der Waals surface area contributed by atoms with Crippen LogP contribution in [0.2, 0.25) is 0 Å². The summed E-state index contributed by atoms with van der Waals surface area (Å²) < 4.78 is 7.79. The first-order valence-corrected chi connectivity index (χ1v) is 13.3. The van der Waals surface area contributed by atoms with Crippen molar-refractivity contribution in [3.8, 4) is 5.75 Å². The molecule has 2 aromatic carbocycles. The molecule has 4 nitrogen and oxygen atoms in total. The minimum Gasteiger partial charge on any atom is -0.497 e. The first kappa shape index (κ1) is 28.2. The molecular formula is C32H49N3O. The summed E-state index contributed by atoms with van der Waals surface area (Å²) in [5.41, 5.74) is 10.0. The van der Waals surface area contributed by atoms with Crippen LogP contribution in [0.5, 0.6) is 5.75 Å². The van der Waals surface area contributed by atoms with Crippen LogP contribution in [0.1, 0.15) is 98.4 Å². The number of ether oxygens (including phenoxy) is 1. The number of hydrogen-bond acceptors (Lipinski definition) is 3. The second-order valence-electron chi connectivity index (χ2n) is 13.8. The molecule has 1 heterocycles. The standard InChI is InChI=1S/C32H49N3O/c1-29(2,3)20-25(28-34-26-19-23(36-11)17-18-27(26)35(28)10)31(6,7)30(4,5)21-24(32(8,9)33)22-15-13-12-14-16-22/h12-19,24-25H,20-21,33H2,1-11H3. The molecule has 0 aliphatic carbocycles.